The lowest BCUT2D eigenvalue weighted by Gasteiger charge is -2.06. The SMILES string of the molecule is Cc1c(-c2ccc(C(C)C)cc2)nc2c(CN)cccn12. The second kappa shape index (κ2) is 5.34. The molecule has 3 nitrogen and oxygen atoms in total. The van der Waals surface area contributed by atoms with E-state index in [0.717, 1.165) is 28.2 Å². The first-order chi connectivity index (χ1) is 10.1. The summed E-state index contributed by atoms with van der Waals surface area (Å²) in [6.07, 6.45) is 2.04. The van der Waals surface area contributed by atoms with Crippen LogP contribution < -0.4 is 5.73 Å². The van der Waals surface area contributed by atoms with Crippen molar-refractivity contribution in [2.24, 2.45) is 5.73 Å². The summed E-state index contributed by atoms with van der Waals surface area (Å²) in [5, 5.41) is 0. The van der Waals surface area contributed by atoms with Gasteiger partial charge in [0.2, 0.25) is 0 Å². The Morgan fingerprint density at radius 1 is 1.14 bits per heavy atom. The third kappa shape index (κ3) is 2.34. The van der Waals surface area contributed by atoms with Crippen molar-refractivity contribution in [2.75, 3.05) is 0 Å². The molecule has 3 aromatic rings. The average Bonchev–Trinajstić information content (AvgIpc) is 2.85. The molecular formula is C18H21N3. The minimum Gasteiger partial charge on any atom is -0.326 e. The molecule has 0 aliphatic heterocycles. The van der Waals surface area contributed by atoms with Crippen molar-refractivity contribution in [3.05, 3.63) is 59.4 Å². The van der Waals surface area contributed by atoms with Gasteiger partial charge in [0, 0.05) is 29.6 Å². The van der Waals surface area contributed by atoms with Crippen molar-refractivity contribution >= 4 is 5.65 Å². The van der Waals surface area contributed by atoms with E-state index in [9.17, 15) is 0 Å². The lowest BCUT2D eigenvalue weighted by Crippen LogP contribution is -1.99. The molecule has 1 aromatic carbocycles. The Labute approximate surface area is 125 Å². The molecule has 2 heterocycles. The van der Waals surface area contributed by atoms with E-state index in [4.69, 9.17) is 10.7 Å². The number of pyridine rings is 1. The topological polar surface area (TPSA) is 43.3 Å². The van der Waals surface area contributed by atoms with Gasteiger partial charge in [-0.2, -0.15) is 0 Å². The molecule has 0 spiro atoms. The van der Waals surface area contributed by atoms with Crippen LogP contribution in [0.3, 0.4) is 0 Å². The van der Waals surface area contributed by atoms with Crippen molar-refractivity contribution in [3.63, 3.8) is 0 Å². The molecule has 0 saturated heterocycles. The zero-order valence-corrected chi connectivity index (χ0v) is 12.8. The Bertz CT molecular complexity index is 767. The maximum absolute atomic E-state index is 5.81. The number of aryl methyl sites for hydroxylation is 1. The van der Waals surface area contributed by atoms with Crippen LogP contribution in [0.4, 0.5) is 0 Å². The smallest absolute Gasteiger partial charge is 0.142 e. The Morgan fingerprint density at radius 3 is 2.48 bits per heavy atom. The van der Waals surface area contributed by atoms with E-state index >= 15 is 0 Å². The van der Waals surface area contributed by atoms with E-state index in [-0.39, 0.29) is 0 Å². The second-order valence-electron chi connectivity index (χ2n) is 5.75. The maximum atomic E-state index is 5.81. The largest absolute Gasteiger partial charge is 0.326 e. The predicted octanol–water partition coefficient (Wildman–Crippen LogP) is 3.89. The maximum Gasteiger partial charge on any atom is 0.142 e. The fourth-order valence-electron chi connectivity index (χ4n) is 2.70. The van der Waals surface area contributed by atoms with Gasteiger partial charge in [-0.1, -0.05) is 44.2 Å². The van der Waals surface area contributed by atoms with Crippen LogP contribution in [0.1, 0.15) is 36.6 Å². The zero-order chi connectivity index (χ0) is 15.0. The van der Waals surface area contributed by atoms with Gasteiger partial charge in [0.1, 0.15) is 5.65 Å². The van der Waals surface area contributed by atoms with Crippen LogP contribution >= 0.6 is 0 Å². The number of aromatic nitrogens is 2. The molecule has 3 heteroatoms. The molecule has 21 heavy (non-hydrogen) atoms. The van der Waals surface area contributed by atoms with Gasteiger partial charge in [-0.05, 0) is 24.5 Å². The van der Waals surface area contributed by atoms with E-state index in [0.29, 0.717) is 12.5 Å². The van der Waals surface area contributed by atoms with E-state index in [1.54, 1.807) is 0 Å². The molecule has 0 aliphatic carbocycles. The van der Waals surface area contributed by atoms with Crippen molar-refractivity contribution in [1.82, 2.24) is 9.38 Å². The normalized spacial score (nSPS) is 11.5. The van der Waals surface area contributed by atoms with Crippen molar-refractivity contribution < 1.29 is 0 Å². The number of hydrogen-bond donors (Lipinski definition) is 1. The number of benzene rings is 1. The van der Waals surface area contributed by atoms with Gasteiger partial charge >= 0.3 is 0 Å². The Kier molecular flexibility index (Phi) is 3.52. The van der Waals surface area contributed by atoms with Gasteiger partial charge in [0.05, 0.1) is 5.69 Å². The van der Waals surface area contributed by atoms with Crippen LogP contribution in [0.25, 0.3) is 16.9 Å². The van der Waals surface area contributed by atoms with Crippen LogP contribution in [0.5, 0.6) is 0 Å². The Hall–Kier alpha value is -2.13. The monoisotopic (exact) mass is 279 g/mol. The zero-order valence-electron chi connectivity index (χ0n) is 12.8. The molecule has 2 aromatic heterocycles. The number of imidazole rings is 1. The minimum atomic E-state index is 0.506. The molecule has 0 atom stereocenters. The average molecular weight is 279 g/mol. The summed E-state index contributed by atoms with van der Waals surface area (Å²) in [7, 11) is 0. The summed E-state index contributed by atoms with van der Waals surface area (Å²) in [6, 6.07) is 12.8. The first kappa shape index (κ1) is 13.8. The van der Waals surface area contributed by atoms with Gasteiger partial charge < -0.3 is 10.1 Å². The highest BCUT2D eigenvalue weighted by atomic mass is 15.0. The highest BCUT2D eigenvalue weighted by Crippen LogP contribution is 2.26. The molecule has 0 radical (unpaired) electrons. The van der Waals surface area contributed by atoms with E-state index in [1.807, 2.05) is 18.3 Å². The van der Waals surface area contributed by atoms with Crippen LogP contribution in [-0.4, -0.2) is 9.38 Å². The summed E-state index contributed by atoms with van der Waals surface area (Å²) in [5.74, 6) is 0.546. The third-order valence-electron chi connectivity index (χ3n) is 4.04. The second-order valence-corrected chi connectivity index (χ2v) is 5.75. The molecule has 0 unspecified atom stereocenters. The lowest BCUT2D eigenvalue weighted by molar-refractivity contribution is 0.867. The Morgan fingerprint density at radius 2 is 1.86 bits per heavy atom. The van der Waals surface area contributed by atoms with Crippen LogP contribution in [0, 0.1) is 6.92 Å². The number of fused-ring (bicyclic) bond motifs is 1. The number of hydrogen-bond acceptors (Lipinski definition) is 2. The van der Waals surface area contributed by atoms with Crippen molar-refractivity contribution in [2.45, 2.75) is 33.2 Å². The van der Waals surface area contributed by atoms with E-state index in [1.165, 1.54) is 5.56 Å². The van der Waals surface area contributed by atoms with E-state index < -0.39 is 0 Å². The summed E-state index contributed by atoms with van der Waals surface area (Å²) in [5.41, 5.74) is 12.5. The lowest BCUT2D eigenvalue weighted by atomic mass is 10.0. The molecule has 0 bridgehead atoms. The molecule has 108 valence electrons. The fraction of sp³-hybridized carbons (Fsp3) is 0.278. The standard InChI is InChI=1S/C18H21N3/c1-12(2)14-6-8-15(9-7-14)17-13(3)21-10-4-5-16(11-19)18(21)20-17/h4-10,12H,11,19H2,1-3H3. The molecule has 0 saturated carbocycles. The number of nitrogens with two attached hydrogens (primary N) is 1. The highest BCUT2D eigenvalue weighted by molar-refractivity contribution is 5.68. The predicted molar refractivity (Wildman–Crippen MR) is 87.3 cm³/mol. The van der Waals surface area contributed by atoms with Crippen molar-refractivity contribution in [3.8, 4) is 11.3 Å². The molecule has 0 amide bonds. The highest BCUT2D eigenvalue weighted by Gasteiger charge is 2.12. The van der Waals surface area contributed by atoms with Gasteiger partial charge in [-0.15, -0.1) is 0 Å². The van der Waals surface area contributed by atoms with Gasteiger partial charge in [-0.25, -0.2) is 4.98 Å². The third-order valence-corrected chi connectivity index (χ3v) is 4.04. The molecule has 2 N–H and O–H groups in total. The summed E-state index contributed by atoms with van der Waals surface area (Å²) < 4.78 is 2.12. The van der Waals surface area contributed by atoms with Gasteiger partial charge in [-0.3, -0.25) is 0 Å². The fourth-order valence-corrected chi connectivity index (χ4v) is 2.70. The first-order valence-electron chi connectivity index (χ1n) is 7.38. The van der Waals surface area contributed by atoms with Crippen LogP contribution in [0.2, 0.25) is 0 Å². The molecule has 3 rings (SSSR count). The molecular weight excluding hydrogens is 258 g/mol. The summed E-state index contributed by atoms with van der Waals surface area (Å²) in [6.45, 7) is 7.02. The van der Waals surface area contributed by atoms with Gasteiger partial charge in [0.25, 0.3) is 0 Å². The van der Waals surface area contributed by atoms with Crippen molar-refractivity contribution in [1.29, 1.82) is 0 Å². The molecule has 0 fully saturated rings. The quantitative estimate of drug-likeness (QED) is 0.790. The summed E-state index contributed by atoms with van der Waals surface area (Å²) in [4.78, 5) is 4.81. The number of nitrogens with zero attached hydrogens (tertiary/aromatic N) is 2. The summed E-state index contributed by atoms with van der Waals surface area (Å²) >= 11 is 0. The van der Waals surface area contributed by atoms with Crippen LogP contribution in [-0.2, 0) is 6.54 Å². The van der Waals surface area contributed by atoms with Crippen LogP contribution in [0.15, 0.2) is 42.6 Å². The van der Waals surface area contributed by atoms with Gasteiger partial charge in [0.15, 0.2) is 0 Å². The van der Waals surface area contributed by atoms with E-state index in [2.05, 4.69) is 49.4 Å². The Balaban J connectivity index is 2.14. The first-order valence-corrected chi connectivity index (χ1v) is 7.38. The number of rotatable bonds is 3. The molecule has 0 aliphatic rings. The minimum absolute atomic E-state index is 0.506.